The number of carbonyl (C=O) groups excluding carboxylic acids is 3. The Hall–Kier alpha value is -3.57. The van der Waals surface area contributed by atoms with E-state index in [-0.39, 0.29) is 37.5 Å². The molecule has 0 radical (unpaired) electrons. The van der Waals surface area contributed by atoms with Crippen LogP contribution in [0.1, 0.15) is 58.8 Å². The number of carbonyl (C=O) groups is 3. The normalized spacial score (nSPS) is 27.1. The van der Waals surface area contributed by atoms with Gasteiger partial charge < -0.3 is 24.5 Å². The molecule has 3 amide bonds. The van der Waals surface area contributed by atoms with E-state index in [1.807, 2.05) is 38.1 Å². The third-order valence-corrected chi connectivity index (χ3v) is 9.78. The van der Waals surface area contributed by atoms with Crippen molar-refractivity contribution >= 4 is 28.8 Å². The molecule has 5 atom stereocenters. The molecule has 44 heavy (non-hydrogen) atoms. The SMILES string of the molecule is C=CCN(Cn1nnc2ccccc21)C(=O)C1N(CCCCCO)C(=O)[C@@H]2[C@@H](C(=O)N(CC=C)CCC)[C@@]3(CC)CCC12O3. The van der Waals surface area contributed by atoms with Crippen LogP contribution in [0.3, 0.4) is 0 Å². The van der Waals surface area contributed by atoms with Crippen molar-refractivity contribution in [3.63, 3.8) is 0 Å². The van der Waals surface area contributed by atoms with Crippen LogP contribution in [-0.4, -0.2) is 103 Å². The Bertz CT molecular complexity index is 1390. The fourth-order valence-electron chi connectivity index (χ4n) is 7.83. The molecule has 0 aliphatic carbocycles. The average Bonchev–Trinajstić information content (AvgIpc) is 3.75. The number of hydrogen-bond donors (Lipinski definition) is 1. The minimum Gasteiger partial charge on any atom is -0.396 e. The molecule has 4 heterocycles. The van der Waals surface area contributed by atoms with Gasteiger partial charge in [-0.15, -0.1) is 18.3 Å². The molecule has 5 rings (SSSR count). The Morgan fingerprint density at radius 2 is 1.84 bits per heavy atom. The van der Waals surface area contributed by atoms with Crippen LogP contribution in [0.25, 0.3) is 11.0 Å². The van der Waals surface area contributed by atoms with E-state index in [1.54, 1.807) is 31.5 Å². The van der Waals surface area contributed by atoms with Gasteiger partial charge in [-0.3, -0.25) is 14.4 Å². The molecule has 3 aliphatic rings. The van der Waals surface area contributed by atoms with Crippen LogP contribution in [-0.2, 0) is 25.8 Å². The third-order valence-electron chi connectivity index (χ3n) is 9.78. The number of fused-ring (bicyclic) bond motifs is 2. The monoisotopic (exact) mass is 606 g/mol. The summed E-state index contributed by atoms with van der Waals surface area (Å²) < 4.78 is 8.65. The van der Waals surface area contributed by atoms with Gasteiger partial charge in [0.15, 0.2) is 0 Å². The van der Waals surface area contributed by atoms with E-state index in [4.69, 9.17) is 4.74 Å². The Morgan fingerprint density at radius 3 is 2.55 bits per heavy atom. The zero-order valence-corrected chi connectivity index (χ0v) is 26.1. The summed E-state index contributed by atoms with van der Waals surface area (Å²) >= 11 is 0. The Morgan fingerprint density at radius 1 is 1.09 bits per heavy atom. The van der Waals surface area contributed by atoms with Crippen LogP contribution in [0.15, 0.2) is 49.6 Å². The Labute approximate surface area is 259 Å². The fraction of sp³-hybridized carbons (Fsp3) is 0.606. The summed E-state index contributed by atoms with van der Waals surface area (Å²) in [7, 11) is 0. The van der Waals surface area contributed by atoms with Crippen molar-refractivity contribution in [2.75, 3.05) is 32.8 Å². The molecule has 1 aromatic heterocycles. The third kappa shape index (κ3) is 5.23. The number of nitrogens with zero attached hydrogens (tertiary/aromatic N) is 6. The number of aromatic nitrogens is 3. The molecule has 1 N–H and O–H groups in total. The van der Waals surface area contributed by atoms with E-state index in [9.17, 15) is 19.5 Å². The molecule has 1 aromatic carbocycles. The van der Waals surface area contributed by atoms with Crippen LogP contribution >= 0.6 is 0 Å². The van der Waals surface area contributed by atoms with Crippen LogP contribution in [0.4, 0.5) is 0 Å². The zero-order valence-electron chi connectivity index (χ0n) is 26.1. The molecule has 2 unspecified atom stereocenters. The highest BCUT2D eigenvalue weighted by molar-refractivity contribution is 5.99. The maximum atomic E-state index is 14.8. The van der Waals surface area contributed by atoms with E-state index >= 15 is 0 Å². The lowest BCUT2D eigenvalue weighted by Gasteiger charge is -2.37. The van der Waals surface area contributed by atoms with Crippen molar-refractivity contribution in [3.8, 4) is 0 Å². The van der Waals surface area contributed by atoms with Crippen molar-refractivity contribution in [3.05, 3.63) is 49.6 Å². The minimum atomic E-state index is -1.11. The van der Waals surface area contributed by atoms with Gasteiger partial charge in [0.25, 0.3) is 0 Å². The number of aliphatic hydroxyl groups excluding tert-OH is 1. The fourth-order valence-corrected chi connectivity index (χ4v) is 7.83. The first-order valence-corrected chi connectivity index (χ1v) is 16.0. The highest BCUT2D eigenvalue weighted by Crippen LogP contribution is 2.64. The topological polar surface area (TPSA) is 121 Å². The highest BCUT2D eigenvalue weighted by atomic mass is 16.5. The molecule has 238 valence electrons. The van der Waals surface area contributed by atoms with Crippen LogP contribution in [0.5, 0.6) is 0 Å². The summed E-state index contributed by atoms with van der Waals surface area (Å²) in [6.07, 6.45) is 7.82. The van der Waals surface area contributed by atoms with Crippen LogP contribution in [0.2, 0.25) is 0 Å². The molecule has 3 saturated heterocycles. The smallest absolute Gasteiger partial charge is 0.250 e. The van der Waals surface area contributed by atoms with Gasteiger partial charge in [-0.2, -0.15) is 0 Å². The molecule has 3 fully saturated rings. The van der Waals surface area contributed by atoms with Gasteiger partial charge >= 0.3 is 0 Å². The second-order valence-electron chi connectivity index (χ2n) is 12.3. The van der Waals surface area contributed by atoms with E-state index in [0.29, 0.717) is 58.2 Å². The van der Waals surface area contributed by atoms with Crippen molar-refractivity contribution in [2.24, 2.45) is 11.8 Å². The minimum absolute atomic E-state index is 0.0666. The number of benzene rings is 1. The van der Waals surface area contributed by atoms with E-state index in [0.717, 1.165) is 17.5 Å². The molecule has 11 heteroatoms. The molecule has 11 nitrogen and oxygen atoms in total. The molecule has 2 aromatic rings. The standard InChI is InChI=1S/C33H46N6O5/c1-5-18-36(19-6-2)29(41)26-27-30(42)38(21-12-9-13-22-40)28(33(27)17-16-32(26,8-4)44-33)31(43)37(20-7-3)23-39-25-15-11-10-14-24(25)34-35-39/h5,7,10-11,14-15,26-28,40H,1,3,6,8-9,12-13,16-23H2,2,4H3/t26-,27-,28?,32+,33?/m0/s1. The largest absolute Gasteiger partial charge is 0.396 e. The lowest BCUT2D eigenvalue weighted by atomic mass is 9.64. The lowest BCUT2D eigenvalue weighted by Crippen LogP contribution is -2.56. The van der Waals surface area contributed by atoms with Crippen molar-refractivity contribution in [1.29, 1.82) is 0 Å². The summed E-state index contributed by atoms with van der Waals surface area (Å²) in [5.74, 6) is -1.97. The molecular weight excluding hydrogens is 560 g/mol. The second-order valence-corrected chi connectivity index (χ2v) is 12.3. The maximum absolute atomic E-state index is 14.8. The summed E-state index contributed by atoms with van der Waals surface area (Å²) in [5, 5.41) is 17.9. The van der Waals surface area contributed by atoms with Crippen LogP contribution in [0, 0.1) is 11.8 Å². The predicted octanol–water partition coefficient (Wildman–Crippen LogP) is 3.15. The van der Waals surface area contributed by atoms with Crippen LogP contribution < -0.4 is 0 Å². The summed E-state index contributed by atoms with van der Waals surface area (Å²) in [6, 6.07) is 6.66. The van der Waals surface area contributed by atoms with Gasteiger partial charge in [0.1, 0.15) is 23.8 Å². The Balaban J connectivity index is 1.54. The number of para-hydroxylation sites is 1. The number of ether oxygens (including phenoxy) is 1. The lowest BCUT2D eigenvalue weighted by molar-refractivity contribution is -0.155. The summed E-state index contributed by atoms with van der Waals surface area (Å²) in [6.45, 7) is 13.5. The number of rotatable bonds is 16. The first-order chi connectivity index (χ1) is 21.3. The van der Waals surface area contributed by atoms with E-state index in [1.165, 1.54) is 0 Å². The van der Waals surface area contributed by atoms with E-state index < -0.39 is 29.1 Å². The van der Waals surface area contributed by atoms with Gasteiger partial charge in [-0.25, -0.2) is 4.68 Å². The summed E-state index contributed by atoms with van der Waals surface area (Å²) in [5.41, 5.74) is -0.408. The van der Waals surface area contributed by atoms with E-state index in [2.05, 4.69) is 23.5 Å². The van der Waals surface area contributed by atoms with Gasteiger partial charge in [-0.05, 0) is 57.1 Å². The van der Waals surface area contributed by atoms with Gasteiger partial charge in [0.05, 0.1) is 23.0 Å². The summed E-state index contributed by atoms with van der Waals surface area (Å²) in [4.78, 5) is 48.7. The number of unbranched alkanes of at least 4 members (excludes halogenated alkanes) is 2. The first kappa shape index (κ1) is 31.8. The number of hydrogen-bond acceptors (Lipinski definition) is 7. The van der Waals surface area contributed by atoms with Crippen molar-refractivity contribution < 1.29 is 24.2 Å². The van der Waals surface area contributed by atoms with Crippen molar-refractivity contribution in [2.45, 2.75) is 82.7 Å². The first-order valence-electron chi connectivity index (χ1n) is 16.0. The van der Waals surface area contributed by atoms with Gasteiger partial charge in [0.2, 0.25) is 17.7 Å². The maximum Gasteiger partial charge on any atom is 0.250 e. The predicted molar refractivity (Wildman–Crippen MR) is 166 cm³/mol. The quantitative estimate of drug-likeness (QED) is 0.230. The Kier molecular flexibility index (Phi) is 9.55. The average molecular weight is 607 g/mol. The zero-order chi connectivity index (χ0) is 31.5. The molecule has 1 spiro atoms. The highest BCUT2D eigenvalue weighted by Gasteiger charge is 2.79. The van der Waals surface area contributed by atoms with Gasteiger partial charge in [0, 0.05) is 32.8 Å². The van der Waals surface area contributed by atoms with Gasteiger partial charge in [-0.1, -0.05) is 43.3 Å². The molecule has 3 aliphatic heterocycles. The molecule has 0 saturated carbocycles. The number of aliphatic hydroxyl groups is 1. The van der Waals surface area contributed by atoms with Crippen molar-refractivity contribution in [1.82, 2.24) is 29.7 Å². The number of amides is 3. The number of likely N-dealkylation sites (tertiary alicyclic amines) is 1. The molecular formula is C33H46N6O5. The second kappa shape index (κ2) is 13.2. The molecule has 2 bridgehead atoms.